The average Bonchev–Trinajstić information content (AvgIpc) is 2.85. The molecule has 0 unspecified atom stereocenters. The molecule has 1 aromatic rings. The Morgan fingerprint density at radius 3 is 2.94 bits per heavy atom. The molecule has 0 fully saturated rings. The fourth-order valence-corrected chi connectivity index (χ4v) is 2.43. The van der Waals surface area contributed by atoms with Gasteiger partial charge in [0.25, 0.3) is 0 Å². The Morgan fingerprint density at radius 2 is 2.22 bits per heavy atom. The van der Waals surface area contributed by atoms with Crippen molar-refractivity contribution < 1.29 is 4.74 Å². The fourth-order valence-electron chi connectivity index (χ4n) is 1.77. The number of hydrogen-bond acceptors (Lipinski definition) is 4. The summed E-state index contributed by atoms with van der Waals surface area (Å²) in [6.07, 6.45) is 2.36. The summed E-state index contributed by atoms with van der Waals surface area (Å²) in [5.74, 6) is 0. The van der Waals surface area contributed by atoms with Crippen molar-refractivity contribution in [2.45, 2.75) is 26.3 Å². The molecule has 0 aliphatic rings. The zero-order valence-electron chi connectivity index (χ0n) is 11.7. The van der Waals surface area contributed by atoms with E-state index in [1.807, 2.05) is 6.92 Å². The molecule has 0 aliphatic carbocycles. The summed E-state index contributed by atoms with van der Waals surface area (Å²) in [6.45, 7) is 8.09. The molecule has 0 amide bonds. The molecular formula is C14H26N2OS. The molecule has 3 nitrogen and oxygen atoms in total. The first-order chi connectivity index (χ1) is 8.83. The van der Waals surface area contributed by atoms with Gasteiger partial charge in [0, 0.05) is 32.8 Å². The monoisotopic (exact) mass is 270 g/mol. The van der Waals surface area contributed by atoms with Crippen LogP contribution in [0.15, 0.2) is 16.8 Å². The number of rotatable bonds is 11. The summed E-state index contributed by atoms with van der Waals surface area (Å²) >= 11 is 1.77. The number of nitrogens with zero attached hydrogens (tertiary/aromatic N) is 1. The lowest BCUT2D eigenvalue weighted by Crippen LogP contribution is -2.29. The van der Waals surface area contributed by atoms with Crippen LogP contribution in [-0.4, -0.2) is 44.8 Å². The molecule has 0 aromatic carbocycles. The molecule has 18 heavy (non-hydrogen) atoms. The molecule has 104 valence electrons. The summed E-state index contributed by atoms with van der Waals surface area (Å²) in [5.41, 5.74) is 1.42. The van der Waals surface area contributed by atoms with Crippen LogP contribution in [0, 0.1) is 0 Å². The minimum absolute atomic E-state index is 0.834. The van der Waals surface area contributed by atoms with Gasteiger partial charge in [-0.3, -0.25) is 0 Å². The maximum Gasteiger partial charge on any atom is 0.0466 e. The standard InChI is InChI=1S/C14H26N2OS/c1-3-17-10-5-4-7-15-8-9-16(2)12-14-6-11-18-13-14/h6,11,13,15H,3-5,7-10,12H2,1-2H3. The highest BCUT2D eigenvalue weighted by Crippen LogP contribution is 2.07. The van der Waals surface area contributed by atoms with E-state index in [1.54, 1.807) is 11.3 Å². The molecule has 1 heterocycles. The van der Waals surface area contributed by atoms with Gasteiger partial charge in [0.2, 0.25) is 0 Å². The molecule has 0 atom stereocenters. The third-order valence-corrected chi connectivity index (χ3v) is 3.53. The Labute approximate surface area is 115 Å². The molecule has 0 radical (unpaired) electrons. The summed E-state index contributed by atoms with van der Waals surface area (Å²) in [7, 11) is 2.18. The Kier molecular flexibility index (Phi) is 9.12. The van der Waals surface area contributed by atoms with Gasteiger partial charge in [-0.25, -0.2) is 0 Å². The van der Waals surface area contributed by atoms with Gasteiger partial charge in [-0.1, -0.05) is 0 Å². The van der Waals surface area contributed by atoms with E-state index in [1.165, 1.54) is 12.0 Å². The maximum absolute atomic E-state index is 5.30. The van der Waals surface area contributed by atoms with E-state index >= 15 is 0 Å². The van der Waals surface area contributed by atoms with Gasteiger partial charge in [-0.2, -0.15) is 11.3 Å². The van der Waals surface area contributed by atoms with E-state index in [-0.39, 0.29) is 0 Å². The van der Waals surface area contributed by atoms with E-state index in [4.69, 9.17) is 4.74 Å². The summed E-state index contributed by atoms with van der Waals surface area (Å²) in [4.78, 5) is 2.36. The van der Waals surface area contributed by atoms with Gasteiger partial charge in [0.1, 0.15) is 0 Å². The van der Waals surface area contributed by atoms with Crippen molar-refractivity contribution in [2.24, 2.45) is 0 Å². The first-order valence-corrected chi connectivity index (χ1v) is 7.75. The maximum atomic E-state index is 5.30. The number of thiophene rings is 1. The Balaban J connectivity index is 1.88. The van der Waals surface area contributed by atoms with Gasteiger partial charge in [-0.15, -0.1) is 0 Å². The highest BCUT2D eigenvalue weighted by Gasteiger charge is 1.99. The van der Waals surface area contributed by atoms with Crippen LogP contribution in [0.1, 0.15) is 25.3 Å². The second-order valence-electron chi connectivity index (χ2n) is 4.52. The molecule has 1 N–H and O–H groups in total. The van der Waals surface area contributed by atoms with Gasteiger partial charge >= 0.3 is 0 Å². The molecular weight excluding hydrogens is 244 g/mol. The van der Waals surface area contributed by atoms with Crippen LogP contribution < -0.4 is 5.32 Å². The molecule has 0 aliphatic heterocycles. The highest BCUT2D eigenvalue weighted by molar-refractivity contribution is 7.07. The van der Waals surface area contributed by atoms with Crippen molar-refractivity contribution in [2.75, 3.05) is 39.9 Å². The van der Waals surface area contributed by atoms with E-state index in [0.717, 1.165) is 45.8 Å². The van der Waals surface area contributed by atoms with Crippen LogP contribution in [-0.2, 0) is 11.3 Å². The minimum atomic E-state index is 0.834. The largest absolute Gasteiger partial charge is 0.382 e. The summed E-state index contributed by atoms with van der Waals surface area (Å²) < 4.78 is 5.30. The molecule has 1 aromatic heterocycles. The predicted octanol–water partition coefficient (Wildman–Crippen LogP) is 2.59. The van der Waals surface area contributed by atoms with Gasteiger partial charge in [0.15, 0.2) is 0 Å². The van der Waals surface area contributed by atoms with Crippen LogP contribution in [0.2, 0.25) is 0 Å². The van der Waals surface area contributed by atoms with E-state index < -0.39 is 0 Å². The number of unbranched alkanes of at least 4 members (excludes halogenated alkanes) is 1. The Bertz CT molecular complexity index is 277. The first kappa shape index (κ1) is 15.6. The average molecular weight is 270 g/mol. The second kappa shape index (κ2) is 10.5. The smallest absolute Gasteiger partial charge is 0.0466 e. The highest BCUT2D eigenvalue weighted by atomic mass is 32.1. The number of hydrogen-bond donors (Lipinski definition) is 1. The van der Waals surface area contributed by atoms with Crippen molar-refractivity contribution >= 4 is 11.3 Å². The zero-order valence-corrected chi connectivity index (χ0v) is 12.5. The van der Waals surface area contributed by atoms with E-state index in [9.17, 15) is 0 Å². The van der Waals surface area contributed by atoms with Crippen molar-refractivity contribution in [3.8, 4) is 0 Å². The van der Waals surface area contributed by atoms with E-state index in [2.05, 4.69) is 34.1 Å². The van der Waals surface area contributed by atoms with Crippen molar-refractivity contribution in [1.29, 1.82) is 0 Å². The van der Waals surface area contributed by atoms with Crippen LogP contribution in [0.4, 0.5) is 0 Å². The first-order valence-electron chi connectivity index (χ1n) is 6.81. The normalized spacial score (nSPS) is 11.3. The topological polar surface area (TPSA) is 24.5 Å². The summed E-state index contributed by atoms with van der Waals surface area (Å²) in [6, 6.07) is 2.20. The van der Waals surface area contributed by atoms with Gasteiger partial charge < -0.3 is 15.0 Å². The molecule has 0 bridgehead atoms. The van der Waals surface area contributed by atoms with Crippen LogP contribution >= 0.6 is 11.3 Å². The second-order valence-corrected chi connectivity index (χ2v) is 5.30. The lowest BCUT2D eigenvalue weighted by atomic mass is 10.3. The number of nitrogens with one attached hydrogen (secondary N) is 1. The zero-order chi connectivity index (χ0) is 13.1. The van der Waals surface area contributed by atoms with Gasteiger partial charge in [-0.05, 0) is 55.7 Å². The third kappa shape index (κ3) is 7.82. The molecule has 0 spiro atoms. The van der Waals surface area contributed by atoms with Crippen molar-refractivity contribution in [1.82, 2.24) is 10.2 Å². The molecule has 0 saturated heterocycles. The van der Waals surface area contributed by atoms with Gasteiger partial charge in [0.05, 0.1) is 0 Å². The van der Waals surface area contributed by atoms with Crippen molar-refractivity contribution in [3.63, 3.8) is 0 Å². The minimum Gasteiger partial charge on any atom is -0.382 e. The summed E-state index contributed by atoms with van der Waals surface area (Å²) in [5, 5.41) is 7.84. The fraction of sp³-hybridized carbons (Fsp3) is 0.714. The lowest BCUT2D eigenvalue weighted by molar-refractivity contribution is 0.143. The van der Waals surface area contributed by atoms with Crippen LogP contribution in [0.5, 0.6) is 0 Å². The van der Waals surface area contributed by atoms with Crippen LogP contribution in [0.3, 0.4) is 0 Å². The SMILES string of the molecule is CCOCCCCNCCN(C)Cc1ccsc1. The lowest BCUT2D eigenvalue weighted by Gasteiger charge is -2.16. The van der Waals surface area contributed by atoms with Crippen molar-refractivity contribution in [3.05, 3.63) is 22.4 Å². The predicted molar refractivity (Wildman–Crippen MR) is 79.2 cm³/mol. The molecule has 0 saturated carbocycles. The molecule has 1 rings (SSSR count). The Morgan fingerprint density at radius 1 is 1.33 bits per heavy atom. The number of ether oxygens (including phenoxy) is 1. The molecule has 4 heteroatoms. The number of likely N-dealkylation sites (N-methyl/N-ethyl adjacent to an activating group) is 1. The quantitative estimate of drug-likeness (QED) is 0.626. The van der Waals surface area contributed by atoms with Crippen LogP contribution in [0.25, 0.3) is 0 Å². The Hall–Kier alpha value is -0.420. The van der Waals surface area contributed by atoms with E-state index in [0.29, 0.717) is 0 Å². The third-order valence-electron chi connectivity index (χ3n) is 2.80.